The molecule has 0 aliphatic heterocycles. The molecule has 0 bridgehead atoms. The van der Waals surface area contributed by atoms with E-state index in [1.165, 1.54) is 0 Å². The monoisotopic (exact) mass is 199 g/mol. The Bertz CT molecular complexity index is 143. The van der Waals surface area contributed by atoms with Crippen LogP contribution in [0.3, 0.4) is 0 Å². The van der Waals surface area contributed by atoms with E-state index in [9.17, 15) is 18.3 Å². The number of hydrogen-bond donors (Lipinski definition) is 2. The van der Waals surface area contributed by atoms with Gasteiger partial charge in [-0.3, -0.25) is 0 Å². The molecule has 0 unspecified atom stereocenters. The van der Waals surface area contributed by atoms with Crippen molar-refractivity contribution in [1.29, 1.82) is 0 Å². The molecule has 0 rings (SSSR count). The smallest absolute Gasteiger partial charge is 0.389 e. The van der Waals surface area contributed by atoms with Gasteiger partial charge in [0.15, 0.2) is 0 Å². The van der Waals surface area contributed by atoms with Gasteiger partial charge in [0.2, 0.25) is 0 Å². The third kappa shape index (κ3) is 5.87. The zero-order valence-corrected chi connectivity index (χ0v) is 7.91. The summed E-state index contributed by atoms with van der Waals surface area (Å²) >= 11 is 0. The van der Waals surface area contributed by atoms with E-state index >= 15 is 0 Å². The van der Waals surface area contributed by atoms with E-state index in [4.69, 9.17) is 0 Å². The van der Waals surface area contributed by atoms with Crippen LogP contribution in [0.4, 0.5) is 13.2 Å². The minimum Gasteiger partial charge on any atom is -0.389 e. The average molecular weight is 199 g/mol. The minimum absolute atomic E-state index is 0.0144. The summed E-state index contributed by atoms with van der Waals surface area (Å²) in [5.41, 5.74) is -1.01. The number of aliphatic hydroxyl groups is 1. The molecule has 2 N–H and O–H groups in total. The molecule has 0 atom stereocenters. The summed E-state index contributed by atoms with van der Waals surface area (Å²) in [7, 11) is 0. The van der Waals surface area contributed by atoms with E-state index in [1.807, 2.05) is 0 Å². The summed E-state index contributed by atoms with van der Waals surface area (Å²) in [5, 5.41) is 11.8. The van der Waals surface area contributed by atoms with E-state index in [-0.39, 0.29) is 6.54 Å². The van der Waals surface area contributed by atoms with Crippen LogP contribution in [0.5, 0.6) is 0 Å². The fourth-order valence-corrected chi connectivity index (χ4v) is 0.937. The standard InChI is InChI=1S/C8H16F3NO/c1-3-7(13,4-2)5-12-6-8(9,10)11/h12-13H,3-6H2,1-2H3. The molecule has 0 heterocycles. The molecule has 0 saturated heterocycles. The van der Waals surface area contributed by atoms with Crippen LogP contribution in [0.15, 0.2) is 0 Å². The molecule has 0 radical (unpaired) electrons. The minimum atomic E-state index is -4.21. The molecule has 0 aromatic carbocycles. The molecule has 5 heteroatoms. The highest BCUT2D eigenvalue weighted by atomic mass is 19.4. The van der Waals surface area contributed by atoms with Gasteiger partial charge in [0.1, 0.15) is 0 Å². The van der Waals surface area contributed by atoms with Crippen molar-refractivity contribution < 1.29 is 18.3 Å². The molecule has 0 aliphatic carbocycles. The number of rotatable bonds is 5. The molecule has 0 saturated carbocycles. The SMILES string of the molecule is CCC(O)(CC)CNCC(F)(F)F. The Kier molecular flexibility index (Phi) is 4.70. The quantitative estimate of drug-likeness (QED) is 0.706. The van der Waals surface area contributed by atoms with E-state index in [1.54, 1.807) is 13.8 Å². The van der Waals surface area contributed by atoms with Gasteiger partial charge in [-0.25, -0.2) is 0 Å². The van der Waals surface area contributed by atoms with Crippen LogP contribution in [-0.2, 0) is 0 Å². The first-order chi connectivity index (χ1) is 5.83. The lowest BCUT2D eigenvalue weighted by atomic mass is 9.98. The van der Waals surface area contributed by atoms with Gasteiger partial charge in [0.25, 0.3) is 0 Å². The maximum atomic E-state index is 11.7. The number of halogens is 3. The summed E-state index contributed by atoms with van der Waals surface area (Å²) in [6.45, 7) is 2.44. The predicted molar refractivity (Wildman–Crippen MR) is 44.5 cm³/mol. The second-order valence-corrected chi connectivity index (χ2v) is 3.15. The van der Waals surface area contributed by atoms with Crippen molar-refractivity contribution in [3.63, 3.8) is 0 Å². The fourth-order valence-electron chi connectivity index (χ4n) is 0.937. The topological polar surface area (TPSA) is 32.3 Å². The second-order valence-electron chi connectivity index (χ2n) is 3.15. The molecular formula is C8H16F3NO. The average Bonchev–Trinajstić information content (AvgIpc) is 2.02. The molecule has 0 amide bonds. The Balaban J connectivity index is 3.74. The first-order valence-corrected chi connectivity index (χ1v) is 4.33. The van der Waals surface area contributed by atoms with Crippen LogP contribution in [0.25, 0.3) is 0 Å². The van der Waals surface area contributed by atoms with Crippen LogP contribution in [0.1, 0.15) is 26.7 Å². The van der Waals surface area contributed by atoms with Crippen LogP contribution in [-0.4, -0.2) is 30.0 Å². The van der Waals surface area contributed by atoms with Crippen molar-refractivity contribution in [2.24, 2.45) is 0 Å². The zero-order chi connectivity index (χ0) is 10.5. The highest BCUT2D eigenvalue weighted by molar-refractivity contribution is 4.78. The first-order valence-electron chi connectivity index (χ1n) is 4.33. The Hall–Kier alpha value is -0.290. The van der Waals surface area contributed by atoms with E-state index in [0.717, 1.165) is 0 Å². The lowest BCUT2D eigenvalue weighted by Gasteiger charge is -2.25. The summed E-state index contributed by atoms with van der Waals surface area (Å²) in [6, 6.07) is 0. The summed E-state index contributed by atoms with van der Waals surface area (Å²) < 4.78 is 35.1. The number of hydrogen-bond acceptors (Lipinski definition) is 2. The summed E-state index contributed by atoms with van der Waals surface area (Å²) in [5.74, 6) is 0. The fraction of sp³-hybridized carbons (Fsp3) is 1.00. The van der Waals surface area contributed by atoms with Crippen molar-refractivity contribution in [3.05, 3.63) is 0 Å². The Morgan fingerprint density at radius 3 is 1.85 bits per heavy atom. The third-order valence-electron chi connectivity index (χ3n) is 2.10. The van der Waals surface area contributed by atoms with Crippen molar-refractivity contribution >= 4 is 0 Å². The molecule has 2 nitrogen and oxygen atoms in total. The molecule has 0 spiro atoms. The molecule has 80 valence electrons. The van der Waals surface area contributed by atoms with Crippen LogP contribution < -0.4 is 5.32 Å². The summed E-state index contributed by atoms with van der Waals surface area (Å²) in [6.07, 6.45) is -3.30. The highest BCUT2D eigenvalue weighted by Gasteiger charge is 2.29. The first kappa shape index (κ1) is 12.7. The van der Waals surface area contributed by atoms with Gasteiger partial charge in [-0.15, -0.1) is 0 Å². The normalized spacial score (nSPS) is 13.4. The lowest BCUT2D eigenvalue weighted by Crippen LogP contribution is -2.42. The number of alkyl halides is 3. The highest BCUT2D eigenvalue weighted by Crippen LogP contribution is 2.15. The number of nitrogens with one attached hydrogen (secondary N) is 1. The van der Waals surface area contributed by atoms with Crippen LogP contribution in [0.2, 0.25) is 0 Å². The van der Waals surface area contributed by atoms with Gasteiger partial charge in [0, 0.05) is 6.54 Å². The largest absolute Gasteiger partial charge is 0.401 e. The molecule has 13 heavy (non-hydrogen) atoms. The molecular weight excluding hydrogens is 183 g/mol. The molecule has 0 aromatic rings. The van der Waals surface area contributed by atoms with Crippen molar-refractivity contribution in [3.8, 4) is 0 Å². The van der Waals surface area contributed by atoms with Gasteiger partial charge in [0.05, 0.1) is 12.1 Å². The van der Waals surface area contributed by atoms with E-state index < -0.39 is 18.3 Å². The maximum absolute atomic E-state index is 11.7. The Labute approximate surface area is 76.1 Å². The van der Waals surface area contributed by atoms with Crippen molar-refractivity contribution in [2.45, 2.75) is 38.5 Å². The van der Waals surface area contributed by atoms with Crippen LogP contribution >= 0.6 is 0 Å². The predicted octanol–water partition coefficient (Wildman–Crippen LogP) is 1.69. The lowest BCUT2D eigenvalue weighted by molar-refractivity contribution is -0.127. The van der Waals surface area contributed by atoms with Gasteiger partial charge in [-0.2, -0.15) is 13.2 Å². The Morgan fingerprint density at radius 2 is 1.54 bits per heavy atom. The van der Waals surface area contributed by atoms with Crippen LogP contribution in [0, 0.1) is 0 Å². The molecule has 0 fully saturated rings. The van der Waals surface area contributed by atoms with Gasteiger partial charge in [-0.05, 0) is 12.8 Å². The van der Waals surface area contributed by atoms with E-state index in [0.29, 0.717) is 12.8 Å². The second kappa shape index (κ2) is 4.81. The maximum Gasteiger partial charge on any atom is 0.401 e. The summed E-state index contributed by atoms with van der Waals surface area (Å²) in [4.78, 5) is 0. The van der Waals surface area contributed by atoms with Crippen molar-refractivity contribution in [1.82, 2.24) is 5.32 Å². The van der Waals surface area contributed by atoms with Gasteiger partial charge < -0.3 is 10.4 Å². The van der Waals surface area contributed by atoms with Gasteiger partial charge >= 0.3 is 6.18 Å². The third-order valence-corrected chi connectivity index (χ3v) is 2.10. The Morgan fingerprint density at radius 1 is 1.08 bits per heavy atom. The zero-order valence-electron chi connectivity index (χ0n) is 7.91. The van der Waals surface area contributed by atoms with E-state index in [2.05, 4.69) is 5.32 Å². The molecule has 0 aliphatic rings. The molecule has 0 aromatic heterocycles. The van der Waals surface area contributed by atoms with Crippen molar-refractivity contribution in [2.75, 3.05) is 13.1 Å². The van der Waals surface area contributed by atoms with Gasteiger partial charge in [-0.1, -0.05) is 13.8 Å².